The van der Waals surface area contributed by atoms with Crippen molar-refractivity contribution in [1.29, 1.82) is 0 Å². The highest BCUT2D eigenvalue weighted by atomic mass is 16.5. The Kier molecular flexibility index (Phi) is 4.94. The van der Waals surface area contributed by atoms with E-state index in [2.05, 4.69) is 10.3 Å². The molecule has 2 aliphatic carbocycles. The monoisotopic (exact) mass is 414 g/mol. The number of fused-ring (bicyclic) bond motifs is 1. The van der Waals surface area contributed by atoms with Gasteiger partial charge in [-0.1, -0.05) is 5.21 Å². The molecule has 3 heterocycles. The van der Waals surface area contributed by atoms with E-state index in [4.69, 9.17) is 9.15 Å². The molecule has 1 aliphatic heterocycles. The molecule has 0 spiro atoms. The molecule has 4 atom stereocenters. The molecule has 0 aromatic carbocycles. The van der Waals surface area contributed by atoms with Crippen LogP contribution >= 0.6 is 0 Å². The van der Waals surface area contributed by atoms with Crippen LogP contribution in [0.4, 0.5) is 0 Å². The zero-order valence-corrected chi connectivity index (χ0v) is 17.6. The van der Waals surface area contributed by atoms with E-state index in [9.17, 15) is 9.90 Å². The van der Waals surface area contributed by atoms with Crippen LogP contribution in [-0.4, -0.2) is 56.7 Å². The minimum Gasteiger partial charge on any atom is -0.459 e. The standard InChI is InChI=1S/C22H30N4O4/c1-22(2,28)20-12-26(24-23-20)17-8-15-10-25(21(27)18-4-3-7-29-18)11-16(15)9-19(17)30-13-14-5-6-14/h3-4,7,12,14-17,19,28H,5-6,8-11,13H2,1-2H3/t15-,16+,17-,19-/m1/s1. The Bertz CT molecular complexity index is 883. The van der Waals surface area contributed by atoms with Crippen LogP contribution in [0.5, 0.6) is 0 Å². The molecule has 8 heteroatoms. The van der Waals surface area contributed by atoms with Gasteiger partial charge in [0.15, 0.2) is 5.76 Å². The summed E-state index contributed by atoms with van der Waals surface area (Å²) in [5.41, 5.74) is -0.467. The predicted molar refractivity (Wildman–Crippen MR) is 108 cm³/mol. The Morgan fingerprint density at radius 2 is 2.07 bits per heavy atom. The van der Waals surface area contributed by atoms with Crippen LogP contribution in [-0.2, 0) is 10.3 Å². The molecule has 3 aliphatic rings. The summed E-state index contributed by atoms with van der Waals surface area (Å²) in [6, 6.07) is 3.54. The van der Waals surface area contributed by atoms with Crippen molar-refractivity contribution in [3.63, 3.8) is 0 Å². The van der Waals surface area contributed by atoms with Gasteiger partial charge in [0, 0.05) is 19.7 Å². The molecule has 2 saturated carbocycles. The minimum atomic E-state index is -1.03. The number of nitrogens with zero attached hydrogens (tertiary/aromatic N) is 4. The van der Waals surface area contributed by atoms with E-state index in [1.54, 1.807) is 32.2 Å². The van der Waals surface area contributed by atoms with Crippen LogP contribution in [0.1, 0.15) is 61.8 Å². The van der Waals surface area contributed by atoms with Gasteiger partial charge >= 0.3 is 0 Å². The maximum absolute atomic E-state index is 12.8. The molecule has 3 fully saturated rings. The van der Waals surface area contributed by atoms with Crippen molar-refractivity contribution in [1.82, 2.24) is 19.9 Å². The van der Waals surface area contributed by atoms with Gasteiger partial charge in [0.1, 0.15) is 11.3 Å². The molecule has 5 rings (SSSR count). The summed E-state index contributed by atoms with van der Waals surface area (Å²) in [4.78, 5) is 14.7. The van der Waals surface area contributed by atoms with Crippen LogP contribution in [0.25, 0.3) is 0 Å². The third-order valence-corrected chi connectivity index (χ3v) is 6.82. The van der Waals surface area contributed by atoms with E-state index < -0.39 is 5.60 Å². The van der Waals surface area contributed by atoms with Crippen LogP contribution in [0.2, 0.25) is 0 Å². The van der Waals surface area contributed by atoms with Crippen molar-refractivity contribution >= 4 is 5.91 Å². The molecule has 2 aromatic heterocycles. The number of rotatable bonds is 6. The third-order valence-electron chi connectivity index (χ3n) is 6.82. The molecule has 0 radical (unpaired) electrons. The van der Waals surface area contributed by atoms with Crippen LogP contribution in [0, 0.1) is 17.8 Å². The molecule has 30 heavy (non-hydrogen) atoms. The number of aliphatic hydroxyl groups is 1. The molecule has 8 nitrogen and oxygen atoms in total. The van der Waals surface area contributed by atoms with E-state index in [0.29, 0.717) is 29.2 Å². The summed E-state index contributed by atoms with van der Waals surface area (Å²) in [7, 11) is 0. The minimum absolute atomic E-state index is 0.0357. The third kappa shape index (κ3) is 3.90. The van der Waals surface area contributed by atoms with Gasteiger partial charge in [-0.15, -0.1) is 5.10 Å². The zero-order valence-electron chi connectivity index (χ0n) is 17.6. The van der Waals surface area contributed by atoms with Crippen molar-refractivity contribution in [2.45, 2.75) is 57.3 Å². The molecular formula is C22H30N4O4. The molecule has 0 bridgehead atoms. The Morgan fingerprint density at radius 3 is 2.70 bits per heavy atom. The maximum atomic E-state index is 12.8. The highest BCUT2D eigenvalue weighted by molar-refractivity contribution is 5.91. The molecule has 162 valence electrons. The molecule has 1 amide bonds. The first-order valence-corrected chi connectivity index (χ1v) is 11.0. The number of amides is 1. The van der Waals surface area contributed by atoms with Crippen LogP contribution in [0.3, 0.4) is 0 Å². The number of carbonyl (C=O) groups is 1. The summed E-state index contributed by atoms with van der Waals surface area (Å²) in [6.45, 7) is 5.69. The van der Waals surface area contributed by atoms with Crippen molar-refractivity contribution in [2.24, 2.45) is 17.8 Å². The quantitative estimate of drug-likeness (QED) is 0.781. The Morgan fingerprint density at radius 1 is 1.30 bits per heavy atom. The van der Waals surface area contributed by atoms with E-state index in [1.807, 2.05) is 15.8 Å². The fourth-order valence-electron chi connectivity index (χ4n) is 4.83. The van der Waals surface area contributed by atoms with Gasteiger partial charge in [-0.2, -0.15) is 0 Å². The first-order chi connectivity index (χ1) is 14.4. The molecular weight excluding hydrogens is 384 g/mol. The summed E-state index contributed by atoms with van der Waals surface area (Å²) < 4.78 is 13.6. The van der Waals surface area contributed by atoms with Gasteiger partial charge < -0.3 is 19.2 Å². The van der Waals surface area contributed by atoms with Gasteiger partial charge in [0.25, 0.3) is 5.91 Å². The van der Waals surface area contributed by atoms with Gasteiger partial charge in [-0.05, 0) is 69.4 Å². The predicted octanol–water partition coefficient (Wildman–Crippen LogP) is 2.62. The van der Waals surface area contributed by atoms with Gasteiger partial charge in [0.2, 0.25) is 0 Å². The lowest BCUT2D eigenvalue weighted by molar-refractivity contribution is -0.0376. The molecule has 1 N–H and O–H groups in total. The number of hydrogen-bond acceptors (Lipinski definition) is 6. The van der Waals surface area contributed by atoms with Crippen molar-refractivity contribution < 1.29 is 19.1 Å². The summed E-state index contributed by atoms with van der Waals surface area (Å²) in [6.07, 6.45) is 7.72. The number of likely N-dealkylation sites (tertiary alicyclic amines) is 1. The number of furan rings is 1. The van der Waals surface area contributed by atoms with E-state index in [1.165, 1.54) is 12.8 Å². The van der Waals surface area contributed by atoms with E-state index >= 15 is 0 Å². The number of hydrogen-bond donors (Lipinski definition) is 1. The number of ether oxygens (including phenoxy) is 1. The average molecular weight is 415 g/mol. The lowest BCUT2D eigenvalue weighted by Gasteiger charge is -2.37. The van der Waals surface area contributed by atoms with Crippen molar-refractivity contribution in [2.75, 3.05) is 19.7 Å². The topological polar surface area (TPSA) is 93.6 Å². The smallest absolute Gasteiger partial charge is 0.289 e. The zero-order chi connectivity index (χ0) is 20.9. The summed E-state index contributed by atoms with van der Waals surface area (Å²) in [5.74, 6) is 1.86. The van der Waals surface area contributed by atoms with E-state index in [0.717, 1.165) is 32.5 Å². The normalized spacial score (nSPS) is 29.2. The van der Waals surface area contributed by atoms with Crippen molar-refractivity contribution in [3.8, 4) is 0 Å². The van der Waals surface area contributed by atoms with Crippen LogP contribution < -0.4 is 0 Å². The highest BCUT2D eigenvalue weighted by Crippen LogP contribution is 2.43. The Hall–Kier alpha value is -2.19. The second-order valence-corrected chi connectivity index (χ2v) is 9.70. The fourth-order valence-corrected chi connectivity index (χ4v) is 4.83. The Balaban J connectivity index is 1.34. The second kappa shape index (κ2) is 7.50. The van der Waals surface area contributed by atoms with Gasteiger partial charge in [0.05, 0.1) is 24.6 Å². The average Bonchev–Trinajstić information content (AvgIpc) is 3.14. The first-order valence-electron chi connectivity index (χ1n) is 11.0. The van der Waals surface area contributed by atoms with Gasteiger partial charge in [-0.3, -0.25) is 4.79 Å². The SMILES string of the molecule is CC(C)(O)c1cn([C@@H]2C[C@@H]3CN(C(=O)c4ccco4)C[C@@H]3C[C@H]2OCC2CC2)nn1. The second-order valence-electron chi connectivity index (χ2n) is 9.70. The van der Waals surface area contributed by atoms with Crippen molar-refractivity contribution in [3.05, 3.63) is 36.0 Å². The highest BCUT2D eigenvalue weighted by Gasteiger charge is 2.46. The largest absolute Gasteiger partial charge is 0.459 e. The lowest BCUT2D eigenvalue weighted by atomic mass is 9.77. The lowest BCUT2D eigenvalue weighted by Crippen LogP contribution is -2.38. The number of carbonyl (C=O) groups excluding carboxylic acids is 1. The Labute approximate surface area is 176 Å². The number of aromatic nitrogens is 3. The fraction of sp³-hybridized carbons (Fsp3) is 0.682. The molecule has 1 saturated heterocycles. The maximum Gasteiger partial charge on any atom is 0.289 e. The first kappa shape index (κ1) is 19.8. The van der Waals surface area contributed by atoms with Crippen LogP contribution in [0.15, 0.2) is 29.0 Å². The van der Waals surface area contributed by atoms with Gasteiger partial charge in [-0.25, -0.2) is 4.68 Å². The molecule has 2 aromatic rings. The van der Waals surface area contributed by atoms with E-state index in [-0.39, 0.29) is 18.1 Å². The summed E-state index contributed by atoms with van der Waals surface area (Å²) in [5, 5.41) is 18.8. The summed E-state index contributed by atoms with van der Waals surface area (Å²) >= 11 is 0. The molecule has 0 unspecified atom stereocenters.